The van der Waals surface area contributed by atoms with Crippen LogP contribution in [0.15, 0.2) is 60.7 Å². The maximum atomic E-state index is 15.4. The van der Waals surface area contributed by atoms with Gasteiger partial charge < -0.3 is 60.7 Å². The second kappa shape index (κ2) is 36.1. The quantitative estimate of drug-likeness (QED) is 0.160. The van der Waals surface area contributed by atoms with E-state index in [1.807, 2.05) is 41.5 Å². The number of rotatable bonds is 15. The van der Waals surface area contributed by atoms with Crippen LogP contribution in [0.25, 0.3) is 0 Å². The van der Waals surface area contributed by atoms with Crippen molar-refractivity contribution in [3.05, 3.63) is 71.8 Å². The van der Waals surface area contributed by atoms with E-state index in [1.165, 1.54) is 80.5 Å². The monoisotopic (exact) mass is 1310 g/mol. The normalized spacial score (nSPS) is 25.6. The molecule has 94 heavy (non-hydrogen) atoms. The molecular formula is C69H108N12O13. The molecule has 1 unspecified atom stereocenters. The molecule has 2 aromatic carbocycles. The summed E-state index contributed by atoms with van der Waals surface area (Å²) < 4.78 is 0. The minimum absolute atomic E-state index is 0.0179. The number of aliphatic hydroxyl groups is 1. The van der Waals surface area contributed by atoms with Gasteiger partial charge >= 0.3 is 6.03 Å². The first-order valence-corrected chi connectivity index (χ1v) is 33.2. The highest BCUT2D eigenvalue weighted by Crippen LogP contribution is 2.24. The van der Waals surface area contributed by atoms with Crippen LogP contribution >= 0.6 is 0 Å². The van der Waals surface area contributed by atoms with Gasteiger partial charge in [-0.3, -0.25) is 57.6 Å². The molecule has 2 aromatic rings. The molecule has 0 aliphatic carbocycles. The lowest BCUT2D eigenvalue weighted by Crippen LogP contribution is -2.64. The van der Waals surface area contributed by atoms with Crippen LogP contribution in [0.3, 0.4) is 0 Å². The highest BCUT2D eigenvalue weighted by molar-refractivity contribution is 6.09. The van der Waals surface area contributed by atoms with Crippen molar-refractivity contribution in [2.24, 2.45) is 23.7 Å². The lowest BCUT2D eigenvalue weighted by atomic mass is 9.97. The Labute approximate surface area is 556 Å². The van der Waals surface area contributed by atoms with E-state index in [2.05, 4.69) is 21.3 Å². The van der Waals surface area contributed by atoms with E-state index >= 15 is 24.0 Å². The largest absolute Gasteiger partial charge is 0.391 e. The molecule has 0 radical (unpaired) electrons. The highest BCUT2D eigenvalue weighted by Gasteiger charge is 2.45. The van der Waals surface area contributed by atoms with E-state index in [0.29, 0.717) is 28.9 Å². The van der Waals surface area contributed by atoms with Gasteiger partial charge in [0.15, 0.2) is 6.04 Å². The van der Waals surface area contributed by atoms with Crippen LogP contribution in [-0.4, -0.2) is 244 Å². The molecule has 2 aliphatic heterocycles. The molecule has 0 spiro atoms. The van der Waals surface area contributed by atoms with Crippen LogP contribution in [0.5, 0.6) is 0 Å². The molecule has 4 rings (SSSR count). The van der Waals surface area contributed by atoms with Gasteiger partial charge in [-0.1, -0.05) is 116 Å². The summed E-state index contributed by atoms with van der Waals surface area (Å²) in [5.74, 6) is -9.84. The predicted octanol–water partition coefficient (Wildman–Crippen LogP) is 3.45. The van der Waals surface area contributed by atoms with Gasteiger partial charge in [-0.2, -0.15) is 0 Å². The topological polar surface area (TPSA) is 299 Å². The van der Waals surface area contributed by atoms with Crippen LogP contribution in [0.1, 0.15) is 139 Å². The molecular weight excluding hydrogens is 1200 g/mol. The minimum atomic E-state index is -1.93. The fourth-order valence-corrected chi connectivity index (χ4v) is 12.0. The average Bonchev–Trinajstić information content (AvgIpc) is 0.839. The Morgan fingerprint density at radius 2 is 0.904 bits per heavy atom. The smallest absolute Gasteiger partial charge is 0.326 e. The zero-order chi connectivity index (χ0) is 70.7. The Bertz CT molecular complexity index is 2940. The second-order valence-corrected chi connectivity index (χ2v) is 27.2. The third-order valence-electron chi connectivity index (χ3n) is 17.8. The standard InChI is InChI=1S/C69H108N12O13/c1-19-81-55(40-49-31-25-21-26-32-49)65(90)75(14)51(36-42(4)5)60(85)72-56(47(12)82)66(91)79(18)69(94)78(17)52(37-43(6)7)61(86)73-57(68(93)80-33-27-22-28-34-80)67(92)74(13)46(11)58(83)71-50(35-41(2)3)63(88)77(16)54(38-44(8)9)64(89)76(15)53(39-48-29-23-20-24-30-48)59(84)70-45(10)62(81)87/h20-21,23-26,29-32,41-47,50-57,82H,19,22,27-28,33-40H2,1-18H3,(H,70,84)(H,71,83)(H,72,85)(H,73,86)/t45?,46-,47-,50+,51+,52+,53+,54+,55+,56+,57+/m1/s1. The van der Waals surface area contributed by atoms with Crippen LogP contribution in [0.4, 0.5) is 4.79 Å². The number of carbonyl (C=O) groups is 12. The third-order valence-corrected chi connectivity index (χ3v) is 17.8. The van der Waals surface area contributed by atoms with E-state index in [0.717, 1.165) is 23.3 Å². The maximum Gasteiger partial charge on any atom is 0.326 e. The Hall–Kier alpha value is -7.96. The minimum Gasteiger partial charge on any atom is -0.391 e. The highest BCUT2D eigenvalue weighted by atomic mass is 16.3. The summed E-state index contributed by atoms with van der Waals surface area (Å²) in [6.45, 7) is 20.8. The molecule has 2 aliphatic rings. The van der Waals surface area contributed by atoms with Crippen molar-refractivity contribution in [2.45, 2.75) is 207 Å². The fourth-order valence-electron chi connectivity index (χ4n) is 12.0. The van der Waals surface area contributed by atoms with Gasteiger partial charge in [0.1, 0.15) is 54.4 Å². The summed E-state index contributed by atoms with van der Waals surface area (Å²) in [6, 6.07) is 2.43. The number of carbonyl (C=O) groups excluding carboxylic acids is 12. The number of nitrogens with one attached hydrogen (secondary N) is 4. The van der Waals surface area contributed by atoms with E-state index in [-0.39, 0.29) is 81.8 Å². The van der Waals surface area contributed by atoms with Crippen LogP contribution < -0.4 is 21.3 Å². The molecule has 2 heterocycles. The molecule has 5 N–H and O–H groups in total. The lowest BCUT2D eigenvalue weighted by molar-refractivity contribution is -0.152. The number of nitrogens with zero attached hydrogens (tertiary/aromatic N) is 8. The van der Waals surface area contributed by atoms with Gasteiger partial charge in [-0.05, 0) is 107 Å². The summed E-state index contributed by atoms with van der Waals surface area (Å²) in [7, 11) is 7.91. The van der Waals surface area contributed by atoms with Crippen molar-refractivity contribution in [3.63, 3.8) is 0 Å². The number of amides is 13. The van der Waals surface area contributed by atoms with Gasteiger partial charge in [-0.15, -0.1) is 0 Å². The Kier molecular flexibility index (Phi) is 30.1. The number of urea groups is 1. The number of imide groups is 1. The summed E-state index contributed by atoms with van der Waals surface area (Å²) in [5.41, 5.74) is 1.31. The lowest BCUT2D eigenvalue weighted by Gasteiger charge is -2.39. The zero-order valence-electron chi connectivity index (χ0n) is 58.8. The molecule has 0 bridgehead atoms. The Morgan fingerprint density at radius 3 is 1.39 bits per heavy atom. The van der Waals surface area contributed by atoms with Crippen molar-refractivity contribution in [1.29, 1.82) is 0 Å². The molecule has 522 valence electrons. The van der Waals surface area contributed by atoms with Crippen molar-refractivity contribution in [1.82, 2.24) is 60.5 Å². The molecule has 2 saturated heterocycles. The van der Waals surface area contributed by atoms with Gasteiger partial charge in [0.2, 0.25) is 47.3 Å². The molecule has 11 atom stereocenters. The molecule has 0 saturated carbocycles. The Balaban J connectivity index is 1.98. The number of likely N-dealkylation sites (tertiary alicyclic amines) is 1. The van der Waals surface area contributed by atoms with E-state index in [1.54, 1.807) is 81.4 Å². The molecule has 0 aromatic heterocycles. The van der Waals surface area contributed by atoms with E-state index < -0.39 is 138 Å². The molecule has 25 nitrogen and oxygen atoms in total. The second-order valence-electron chi connectivity index (χ2n) is 27.2. The SMILES string of the molecule is CCN1C(=O)C(C)NC(=O)[C@H](Cc2ccccc2)N(C)C(=O)[C@H](CC(C)C)N(C)C(=O)[C@H](CC(C)C)NC(=O)[C@@H](C)N(C)C(=O)[C@@H](C(=O)N2CCCCC2)NC(=O)[C@H](CC(C)C)N(C)C(=O)N(C)C(=O)[C@H]([C@@H](C)O)NC(=O)[C@H](CC(C)C)N(C)C(=O)[C@@H]1Cc1ccccc1. The summed E-state index contributed by atoms with van der Waals surface area (Å²) in [5, 5.41) is 22.1. The van der Waals surface area contributed by atoms with Crippen molar-refractivity contribution in [3.8, 4) is 0 Å². The van der Waals surface area contributed by atoms with Gasteiger partial charge in [0.25, 0.3) is 17.7 Å². The summed E-state index contributed by atoms with van der Waals surface area (Å²) in [6.07, 6.45) is 0.468. The number of likely N-dealkylation sites (N-methyl/N-ethyl adjacent to an activating group) is 7. The fraction of sp³-hybridized carbons (Fsp3) is 0.652. The predicted molar refractivity (Wildman–Crippen MR) is 356 cm³/mol. The first-order chi connectivity index (χ1) is 44.1. The van der Waals surface area contributed by atoms with Crippen molar-refractivity contribution in [2.75, 3.05) is 61.9 Å². The first kappa shape index (κ1) is 78.5. The van der Waals surface area contributed by atoms with Gasteiger partial charge in [-0.25, -0.2) is 4.79 Å². The number of aliphatic hydroxyl groups excluding tert-OH is 1. The average molecular weight is 1310 g/mol. The first-order valence-electron chi connectivity index (χ1n) is 33.2. The van der Waals surface area contributed by atoms with Crippen LogP contribution in [-0.2, 0) is 65.6 Å². The van der Waals surface area contributed by atoms with Crippen LogP contribution in [0.2, 0.25) is 0 Å². The summed E-state index contributed by atoms with van der Waals surface area (Å²) in [4.78, 5) is 188. The maximum absolute atomic E-state index is 15.4. The number of piperidine rings is 1. The molecule has 13 amide bonds. The third kappa shape index (κ3) is 21.0. The van der Waals surface area contributed by atoms with Crippen molar-refractivity contribution < 1.29 is 62.6 Å². The Morgan fingerprint density at radius 1 is 0.468 bits per heavy atom. The number of hydrogen-bond donors (Lipinski definition) is 5. The molecule has 25 heteroatoms. The van der Waals surface area contributed by atoms with E-state index in [4.69, 9.17) is 0 Å². The van der Waals surface area contributed by atoms with Crippen LogP contribution in [0, 0.1) is 23.7 Å². The van der Waals surface area contributed by atoms with Gasteiger partial charge in [0, 0.05) is 74.8 Å². The summed E-state index contributed by atoms with van der Waals surface area (Å²) >= 11 is 0. The number of hydrogen-bond acceptors (Lipinski definition) is 13. The van der Waals surface area contributed by atoms with E-state index in [9.17, 15) is 38.7 Å². The molecule has 2 fully saturated rings. The van der Waals surface area contributed by atoms with Crippen molar-refractivity contribution >= 4 is 71.0 Å². The zero-order valence-corrected chi connectivity index (χ0v) is 58.8. The van der Waals surface area contributed by atoms with Gasteiger partial charge in [0.05, 0.1) is 6.10 Å². The number of benzene rings is 2.